The van der Waals surface area contributed by atoms with Gasteiger partial charge in [-0.15, -0.1) is 0 Å². The Kier molecular flexibility index (Phi) is 4.18. The lowest BCUT2D eigenvalue weighted by Gasteiger charge is -2.09. The Balaban J connectivity index is 1.72. The number of H-pyrrole nitrogens is 1. The number of fused-ring (bicyclic) bond motifs is 2. The number of hydrogen-bond donors (Lipinski definition) is 3. The molecule has 0 radical (unpaired) electrons. The Hall–Kier alpha value is -4.18. The fourth-order valence-electron chi connectivity index (χ4n) is 3.29. The third-order valence-corrected chi connectivity index (χ3v) is 4.62. The number of aliphatic hydroxyl groups is 1. The molecule has 5 aromatic heterocycles. The molecule has 0 aromatic carbocycles. The minimum atomic E-state index is -0.620. The average molecular weight is 400 g/mol. The second-order valence-electron chi connectivity index (χ2n) is 6.62. The maximum Gasteiger partial charge on any atom is 0.251 e. The van der Waals surface area contributed by atoms with Crippen LogP contribution in [0.4, 0.5) is 5.82 Å². The van der Waals surface area contributed by atoms with Gasteiger partial charge in [0, 0.05) is 23.5 Å². The van der Waals surface area contributed by atoms with Crippen molar-refractivity contribution in [3.8, 4) is 17.3 Å². The summed E-state index contributed by atoms with van der Waals surface area (Å²) in [6, 6.07) is 9.31. The van der Waals surface area contributed by atoms with Gasteiger partial charge in [-0.2, -0.15) is 0 Å². The summed E-state index contributed by atoms with van der Waals surface area (Å²) in [5.41, 5.74) is 3.47. The second kappa shape index (κ2) is 7.01. The number of amides is 1. The molecule has 0 aliphatic heterocycles. The van der Waals surface area contributed by atoms with Crippen LogP contribution in [0.1, 0.15) is 5.69 Å². The quantitative estimate of drug-likeness (QED) is 0.420. The minimum Gasteiger partial charge on any atom is -0.387 e. The van der Waals surface area contributed by atoms with Gasteiger partial charge in [0.15, 0.2) is 22.8 Å². The van der Waals surface area contributed by atoms with Crippen molar-refractivity contribution in [3.63, 3.8) is 0 Å². The molecule has 0 spiro atoms. The first-order chi connectivity index (χ1) is 14.6. The van der Waals surface area contributed by atoms with Crippen LogP contribution in [-0.2, 0) is 4.79 Å². The van der Waals surface area contributed by atoms with Gasteiger partial charge in [-0.25, -0.2) is 24.9 Å². The standard InChI is InChI=1S/C20H16N8O2/c1-11-3-2-4-13(24-11)18-26-19-16(22-10-23-19)20(27-18)28-8-6-12-14(28)5-7-21-17(12)25-15(30)9-29/h2-8,10,29H,9H2,1H3,(H,21,25,30)(H,22,23,26,27). The van der Waals surface area contributed by atoms with Crippen molar-refractivity contribution in [1.29, 1.82) is 0 Å². The number of aromatic nitrogens is 7. The Morgan fingerprint density at radius 2 is 2.07 bits per heavy atom. The number of pyridine rings is 2. The van der Waals surface area contributed by atoms with Crippen LogP contribution >= 0.6 is 0 Å². The van der Waals surface area contributed by atoms with E-state index in [0.717, 1.165) is 11.2 Å². The van der Waals surface area contributed by atoms with E-state index in [1.807, 2.05) is 48.0 Å². The molecule has 10 nitrogen and oxygen atoms in total. The van der Waals surface area contributed by atoms with Crippen molar-refractivity contribution in [2.45, 2.75) is 6.92 Å². The second-order valence-corrected chi connectivity index (χ2v) is 6.62. The molecule has 5 aromatic rings. The van der Waals surface area contributed by atoms with Gasteiger partial charge in [-0.3, -0.25) is 9.36 Å². The summed E-state index contributed by atoms with van der Waals surface area (Å²) in [4.78, 5) is 37.1. The topological polar surface area (TPSA) is 134 Å². The maximum atomic E-state index is 11.6. The molecule has 0 aliphatic rings. The van der Waals surface area contributed by atoms with Crippen molar-refractivity contribution in [2.75, 3.05) is 11.9 Å². The highest BCUT2D eigenvalue weighted by Crippen LogP contribution is 2.28. The fraction of sp³-hybridized carbons (Fsp3) is 0.100. The molecule has 5 rings (SSSR count). The summed E-state index contributed by atoms with van der Waals surface area (Å²) in [5.74, 6) is 0.862. The van der Waals surface area contributed by atoms with E-state index in [2.05, 4.69) is 30.2 Å². The molecule has 0 unspecified atom stereocenters. The van der Waals surface area contributed by atoms with Gasteiger partial charge in [0.05, 0.1) is 11.8 Å². The smallest absolute Gasteiger partial charge is 0.251 e. The Morgan fingerprint density at radius 3 is 2.90 bits per heavy atom. The number of nitrogens with zero attached hydrogens (tertiary/aromatic N) is 6. The maximum absolute atomic E-state index is 11.6. The van der Waals surface area contributed by atoms with Crippen molar-refractivity contribution < 1.29 is 9.90 Å². The zero-order valence-corrected chi connectivity index (χ0v) is 15.9. The number of aliphatic hydroxyl groups excluding tert-OH is 1. The van der Waals surface area contributed by atoms with Crippen LogP contribution in [0.15, 0.2) is 49.1 Å². The first kappa shape index (κ1) is 17.9. The molecule has 1 amide bonds. The van der Waals surface area contributed by atoms with Gasteiger partial charge in [-0.1, -0.05) is 6.07 Å². The predicted molar refractivity (Wildman–Crippen MR) is 110 cm³/mol. The van der Waals surface area contributed by atoms with E-state index in [1.54, 1.807) is 12.5 Å². The number of aromatic amines is 1. The Labute approximate surface area is 169 Å². The predicted octanol–water partition coefficient (Wildman–Crippen LogP) is 1.99. The summed E-state index contributed by atoms with van der Waals surface area (Å²) < 4.78 is 1.86. The number of rotatable bonds is 4. The highest BCUT2D eigenvalue weighted by Gasteiger charge is 2.17. The average Bonchev–Trinajstić information content (AvgIpc) is 3.40. The highest BCUT2D eigenvalue weighted by molar-refractivity contribution is 6.00. The molecule has 0 atom stereocenters. The normalized spacial score (nSPS) is 11.3. The lowest BCUT2D eigenvalue weighted by Crippen LogP contribution is -2.16. The van der Waals surface area contributed by atoms with E-state index < -0.39 is 12.5 Å². The zero-order chi connectivity index (χ0) is 20.7. The van der Waals surface area contributed by atoms with Crippen LogP contribution in [-0.4, -0.2) is 52.1 Å². The molecule has 5 heterocycles. The Bertz CT molecular complexity index is 1400. The van der Waals surface area contributed by atoms with Crippen molar-refractivity contribution >= 4 is 33.8 Å². The summed E-state index contributed by atoms with van der Waals surface area (Å²) >= 11 is 0. The minimum absolute atomic E-state index is 0.359. The number of hydrogen-bond acceptors (Lipinski definition) is 7. The largest absolute Gasteiger partial charge is 0.387 e. The van der Waals surface area contributed by atoms with Crippen molar-refractivity contribution in [3.05, 3.63) is 54.7 Å². The third-order valence-electron chi connectivity index (χ3n) is 4.62. The number of carbonyl (C=O) groups is 1. The number of carbonyl (C=O) groups excluding carboxylic acids is 1. The molecule has 0 aliphatic carbocycles. The summed E-state index contributed by atoms with van der Waals surface area (Å²) in [5, 5.41) is 12.3. The molecule has 0 saturated heterocycles. The Morgan fingerprint density at radius 1 is 1.17 bits per heavy atom. The van der Waals surface area contributed by atoms with E-state index in [4.69, 9.17) is 10.1 Å². The van der Waals surface area contributed by atoms with Crippen molar-refractivity contribution in [2.24, 2.45) is 0 Å². The summed E-state index contributed by atoms with van der Waals surface area (Å²) in [7, 11) is 0. The third kappa shape index (κ3) is 2.95. The molecule has 0 bridgehead atoms. The summed E-state index contributed by atoms with van der Waals surface area (Å²) in [6.07, 6.45) is 4.97. The number of anilines is 1. The number of aryl methyl sites for hydroxylation is 1. The summed E-state index contributed by atoms with van der Waals surface area (Å²) in [6.45, 7) is 1.29. The lowest BCUT2D eigenvalue weighted by molar-refractivity contribution is -0.118. The lowest BCUT2D eigenvalue weighted by atomic mass is 10.3. The number of nitrogens with one attached hydrogen (secondary N) is 2. The van der Waals surface area contributed by atoms with Crippen LogP contribution < -0.4 is 5.32 Å². The first-order valence-electron chi connectivity index (χ1n) is 9.16. The first-order valence-corrected chi connectivity index (χ1v) is 9.16. The van der Waals surface area contributed by atoms with E-state index >= 15 is 0 Å². The van der Waals surface area contributed by atoms with E-state index in [0.29, 0.717) is 39.7 Å². The van der Waals surface area contributed by atoms with Crippen LogP contribution in [0.3, 0.4) is 0 Å². The molecule has 30 heavy (non-hydrogen) atoms. The molecule has 10 heteroatoms. The van der Waals surface area contributed by atoms with Crippen LogP contribution in [0.2, 0.25) is 0 Å². The van der Waals surface area contributed by atoms with Crippen LogP contribution in [0.5, 0.6) is 0 Å². The van der Waals surface area contributed by atoms with E-state index in [1.165, 1.54) is 0 Å². The molecule has 0 fully saturated rings. The van der Waals surface area contributed by atoms with E-state index in [9.17, 15) is 4.79 Å². The highest BCUT2D eigenvalue weighted by atomic mass is 16.3. The van der Waals surface area contributed by atoms with Gasteiger partial charge in [0.2, 0.25) is 0 Å². The van der Waals surface area contributed by atoms with Gasteiger partial charge in [-0.05, 0) is 31.2 Å². The van der Waals surface area contributed by atoms with Gasteiger partial charge in [0.25, 0.3) is 5.91 Å². The van der Waals surface area contributed by atoms with Gasteiger partial charge < -0.3 is 15.4 Å². The molecular weight excluding hydrogens is 384 g/mol. The zero-order valence-electron chi connectivity index (χ0n) is 15.9. The molecule has 148 valence electrons. The van der Waals surface area contributed by atoms with Gasteiger partial charge in [0.1, 0.15) is 18.1 Å². The van der Waals surface area contributed by atoms with E-state index in [-0.39, 0.29) is 0 Å². The number of imidazole rings is 1. The van der Waals surface area contributed by atoms with Crippen molar-refractivity contribution in [1.82, 2.24) is 34.5 Å². The van der Waals surface area contributed by atoms with Crippen LogP contribution in [0.25, 0.3) is 39.4 Å². The monoisotopic (exact) mass is 400 g/mol. The molecule has 0 saturated carbocycles. The van der Waals surface area contributed by atoms with Crippen LogP contribution in [0, 0.1) is 6.92 Å². The van der Waals surface area contributed by atoms with Gasteiger partial charge >= 0.3 is 0 Å². The molecular formula is C20H16N8O2. The fourth-order valence-corrected chi connectivity index (χ4v) is 3.29. The SMILES string of the molecule is Cc1cccc(-c2nc(-n3ccc4c(NC(=O)CO)nccc43)c3nc[nH]c3n2)n1. The molecule has 3 N–H and O–H groups in total.